The van der Waals surface area contributed by atoms with E-state index in [4.69, 9.17) is 9.47 Å². The first kappa shape index (κ1) is 20.5. The predicted octanol–water partition coefficient (Wildman–Crippen LogP) is 4.35. The van der Waals surface area contributed by atoms with Crippen molar-refractivity contribution in [2.24, 2.45) is 23.2 Å². The van der Waals surface area contributed by atoms with Crippen molar-refractivity contribution in [3.05, 3.63) is 12.2 Å². The molecular formula is C25H42N2O2. The molecule has 5 aliphatic rings. The number of fused-ring (bicyclic) bond motifs is 4. The first-order chi connectivity index (χ1) is 14.0. The molecule has 8 atom stereocenters. The van der Waals surface area contributed by atoms with Crippen molar-refractivity contribution < 1.29 is 9.47 Å². The second-order valence-electron chi connectivity index (χ2n) is 11.0. The minimum Gasteiger partial charge on any atom is -0.381 e. The average Bonchev–Trinajstić information content (AvgIpc) is 2.92. The Morgan fingerprint density at radius 2 is 2.03 bits per heavy atom. The number of hydrogen-bond donors (Lipinski definition) is 1. The number of nitrogens with one attached hydrogen (secondary N) is 1. The van der Waals surface area contributed by atoms with Crippen LogP contribution in [0.1, 0.15) is 72.1 Å². The quantitative estimate of drug-likeness (QED) is 0.712. The van der Waals surface area contributed by atoms with Gasteiger partial charge in [0.05, 0.1) is 12.2 Å². The highest BCUT2D eigenvalue weighted by Crippen LogP contribution is 2.60. The molecule has 0 aromatic heterocycles. The van der Waals surface area contributed by atoms with Gasteiger partial charge in [-0.25, -0.2) is 0 Å². The maximum absolute atomic E-state index is 7.30. The molecule has 0 bridgehead atoms. The van der Waals surface area contributed by atoms with Crippen molar-refractivity contribution in [2.75, 3.05) is 20.2 Å². The van der Waals surface area contributed by atoms with Gasteiger partial charge in [0, 0.05) is 37.1 Å². The zero-order valence-corrected chi connectivity index (χ0v) is 19.0. The molecule has 4 fully saturated rings. The Morgan fingerprint density at radius 1 is 1.17 bits per heavy atom. The van der Waals surface area contributed by atoms with E-state index in [9.17, 15) is 0 Å². The average molecular weight is 403 g/mol. The molecular weight excluding hydrogens is 360 g/mol. The molecule has 0 radical (unpaired) electrons. The molecule has 0 aromatic rings. The van der Waals surface area contributed by atoms with Gasteiger partial charge in [0.1, 0.15) is 5.72 Å². The van der Waals surface area contributed by atoms with Crippen LogP contribution in [0.4, 0.5) is 0 Å². The molecule has 4 nitrogen and oxygen atoms in total. The molecule has 3 heterocycles. The Hall–Kier alpha value is -0.420. The molecule has 2 aliphatic carbocycles. The normalized spacial score (nSPS) is 48.9. The summed E-state index contributed by atoms with van der Waals surface area (Å²) < 4.78 is 13.1. The van der Waals surface area contributed by atoms with E-state index >= 15 is 0 Å². The number of piperidine rings is 1. The van der Waals surface area contributed by atoms with E-state index in [1.54, 1.807) is 0 Å². The van der Waals surface area contributed by atoms with E-state index in [0.717, 1.165) is 12.5 Å². The van der Waals surface area contributed by atoms with Crippen LogP contribution in [-0.4, -0.2) is 55.1 Å². The topological polar surface area (TPSA) is 33.7 Å². The predicted molar refractivity (Wildman–Crippen MR) is 117 cm³/mol. The molecule has 1 spiro atoms. The van der Waals surface area contributed by atoms with E-state index in [1.807, 2.05) is 7.11 Å². The standard InChI is InChI=1S/C25H42N2O2/c1-5-15-27-22-10-8-17(28-4)16-20(22)24(2,3)25(27)13-12-19-18-7-6-14-26-21(18)9-11-23(19)29-25/h12-13,17-23,26H,5-11,14-16H2,1-4H3. The second-order valence-corrected chi connectivity index (χ2v) is 11.0. The third kappa shape index (κ3) is 3.00. The van der Waals surface area contributed by atoms with Gasteiger partial charge in [-0.15, -0.1) is 0 Å². The summed E-state index contributed by atoms with van der Waals surface area (Å²) in [6, 6.07) is 1.34. The third-order valence-electron chi connectivity index (χ3n) is 9.44. The molecule has 2 saturated heterocycles. The Labute approximate surface area is 177 Å². The molecule has 1 N–H and O–H groups in total. The summed E-state index contributed by atoms with van der Waals surface area (Å²) in [5, 5.41) is 3.80. The van der Waals surface area contributed by atoms with Crippen LogP contribution >= 0.6 is 0 Å². The smallest absolute Gasteiger partial charge is 0.146 e. The largest absolute Gasteiger partial charge is 0.381 e. The summed E-state index contributed by atoms with van der Waals surface area (Å²) in [6.07, 6.45) is 15.9. The van der Waals surface area contributed by atoms with Gasteiger partial charge in [-0.1, -0.05) is 26.8 Å². The summed E-state index contributed by atoms with van der Waals surface area (Å²) in [4.78, 5) is 2.78. The highest BCUT2D eigenvalue weighted by atomic mass is 16.5. The maximum Gasteiger partial charge on any atom is 0.146 e. The molecule has 0 aromatic carbocycles. The van der Waals surface area contributed by atoms with Crippen molar-refractivity contribution in [3.8, 4) is 0 Å². The molecule has 8 unspecified atom stereocenters. The Morgan fingerprint density at radius 3 is 2.83 bits per heavy atom. The van der Waals surface area contributed by atoms with Crippen molar-refractivity contribution >= 4 is 0 Å². The lowest BCUT2D eigenvalue weighted by Crippen LogP contribution is -2.61. The van der Waals surface area contributed by atoms with Crippen LogP contribution in [0.2, 0.25) is 0 Å². The number of ether oxygens (including phenoxy) is 2. The summed E-state index contributed by atoms with van der Waals surface area (Å²) in [5.41, 5.74) is -0.135. The van der Waals surface area contributed by atoms with Crippen LogP contribution in [0.15, 0.2) is 12.2 Å². The van der Waals surface area contributed by atoms with Gasteiger partial charge in [0.25, 0.3) is 0 Å². The minimum atomic E-state index is -0.239. The van der Waals surface area contributed by atoms with Crippen LogP contribution in [0, 0.1) is 23.2 Å². The van der Waals surface area contributed by atoms with Crippen LogP contribution in [0.25, 0.3) is 0 Å². The van der Waals surface area contributed by atoms with Crippen LogP contribution in [0.5, 0.6) is 0 Å². The summed E-state index contributed by atoms with van der Waals surface area (Å²) in [7, 11) is 1.89. The van der Waals surface area contributed by atoms with E-state index in [0.29, 0.717) is 36.1 Å². The van der Waals surface area contributed by atoms with Crippen molar-refractivity contribution in [2.45, 2.75) is 102 Å². The Balaban J connectivity index is 1.49. The van der Waals surface area contributed by atoms with Crippen molar-refractivity contribution in [3.63, 3.8) is 0 Å². The molecule has 0 amide bonds. The zero-order chi connectivity index (χ0) is 20.2. The fourth-order valence-corrected chi connectivity index (χ4v) is 7.95. The highest BCUT2D eigenvalue weighted by molar-refractivity contribution is 5.24. The monoisotopic (exact) mass is 402 g/mol. The van der Waals surface area contributed by atoms with Gasteiger partial charge >= 0.3 is 0 Å². The van der Waals surface area contributed by atoms with E-state index in [2.05, 4.69) is 43.1 Å². The fraction of sp³-hybridized carbons (Fsp3) is 0.920. The maximum atomic E-state index is 7.30. The van der Waals surface area contributed by atoms with Gasteiger partial charge in [-0.3, -0.25) is 4.90 Å². The van der Waals surface area contributed by atoms with Gasteiger partial charge in [0.15, 0.2) is 0 Å². The molecule has 29 heavy (non-hydrogen) atoms. The van der Waals surface area contributed by atoms with Crippen LogP contribution in [0.3, 0.4) is 0 Å². The van der Waals surface area contributed by atoms with Crippen LogP contribution < -0.4 is 5.32 Å². The first-order valence-corrected chi connectivity index (χ1v) is 12.4. The van der Waals surface area contributed by atoms with E-state index in [-0.39, 0.29) is 11.1 Å². The number of rotatable bonds is 3. The van der Waals surface area contributed by atoms with Gasteiger partial charge in [-0.05, 0) is 75.8 Å². The molecule has 164 valence electrons. The van der Waals surface area contributed by atoms with Crippen LogP contribution in [-0.2, 0) is 9.47 Å². The lowest BCUT2D eigenvalue weighted by Gasteiger charge is -2.55. The summed E-state index contributed by atoms with van der Waals surface area (Å²) in [6.45, 7) is 9.63. The number of likely N-dealkylation sites (tertiary alicyclic amines) is 1. The van der Waals surface area contributed by atoms with E-state index < -0.39 is 0 Å². The lowest BCUT2D eigenvalue weighted by molar-refractivity contribution is -0.219. The lowest BCUT2D eigenvalue weighted by atomic mass is 9.64. The SMILES string of the molecule is CCCN1C2CCC(OC)CC2C(C)(C)C12C=CC1C(CCC3NCCCC31)O2. The summed E-state index contributed by atoms with van der Waals surface area (Å²) in [5.74, 6) is 2.00. The van der Waals surface area contributed by atoms with Crippen molar-refractivity contribution in [1.29, 1.82) is 0 Å². The molecule has 5 rings (SSSR count). The fourth-order valence-electron chi connectivity index (χ4n) is 7.95. The third-order valence-corrected chi connectivity index (χ3v) is 9.44. The first-order valence-electron chi connectivity index (χ1n) is 12.4. The number of hydrogen-bond acceptors (Lipinski definition) is 4. The summed E-state index contributed by atoms with van der Waals surface area (Å²) >= 11 is 0. The van der Waals surface area contributed by atoms with Gasteiger partial charge in [0.2, 0.25) is 0 Å². The Kier molecular flexibility index (Phi) is 5.38. The molecule has 3 aliphatic heterocycles. The van der Waals surface area contributed by atoms with Gasteiger partial charge < -0.3 is 14.8 Å². The van der Waals surface area contributed by atoms with Crippen molar-refractivity contribution in [1.82, 2.24) is 10.2 Å². The highest BCUT2D eigenvalue weighted by Gasteiger charge is 2.66. The molecule has 2 saturated carbocycles. The second kappa shape index (κ2) is 7.62. The minimum absolute atomic E-state index is 0.104. The number of methoxy groups -OCH3 is 1. The Bertz CT molecular complexity index is 634. The molecule has 4 heteroatoms. The van der Waals surface area contributed by atoms with Gasteiger partial charge in [-0.2, -0.15) is 0 Å². The number of nitrogens with zero attached hydrogens (tertiary/aromatic N) is 1. The van der Waals surface area contributed by atoms with E-state index in [1.165, 1.54) is 57.9 Å². The zero-order valence-electron chi connectivity index (χ0n) is 19.0.